The molecule has 1 heterocycles. The molecule has 0 radical (unpaired) electrons. The lowest BCUT2D eigenvalue weighted by Crippen LogP contribution is -2.01. The van der Waals surface area contributed by atoms with E-state index in [0.29, 0.717) is 5.69 Å². The number of benzene rings is 1. The Morgan fingerprint density at radius 1 is 1.27 bits per heavy atom. The van der Waals surface area contributed by atoms with Gasteiger partial charge in [-0.3, -0.25) is 0 Å². The van der Waals surface area contributed by atoms with Gasteiger partial charge >= 0.3 is 0 Å². The molecule has 0 fully saturated rings. The van der Waals surface area contributed by atoms with Crippen LogP contribution in [0.3, 0.4) is 0 Å². The van der Waals surface area contributed by atoms with Crippen molar-refractivity contribution < 1.29 is 13.9 Å². The molecule has 0 unspecified atom stereocenters. The molecule has 3 nitrogen and oxygen atoms in total. The fourth-order valence-corrected chi connectivity index (χ4v) is 1.25. The molecule has 0 saturated carbocycles. The first-order valence-electron chi connectivity index (χ1n) is 4.32. The maximum atomic E-state index is 13.3. The van der Waals surface area contributed by atoms with Crippen LogP contribution in [-0.2, 0) is 6.61 Å². The summed E-state index contributed by atoms with van der Waals surface area (Å²) in [6, 6.07) is 5.38. The standard InChI is InChI=1S/C10H8F2N2O/c11-8-2-1-3-9(10(8)12)14-5-4-7(6-15)13-14/h1-5,15H,6H2. The van der Waals surface area contributed by atoms with Gasteiger partial charge in [-0.1, -0.05) is 6.07 Å². The van der Waals surface area contributed by atoms with Gasteiger partial charge < -0.3 is 5.11 Å². The molecule has 0 atom stereocenters. The van der Waals surface area contributed by atoms with Crippen LogP contribution in [0.5, 0.6) is 0 Å². The van der Waals surface area contributed by atoms with Crippen LogP contribution >= 0.6 is 0 Å². The quantitative estimate of drug-likeness (QED) is 0.818. The summed E-state index contributed by atoms with van der Waals surface area (Å²) >= 11 is 0. The lowest BCUT2D eigenvalue weighted by Gasteiger charge is -2.02. The Balaban J connectivity index is 2.49. The number of aliphatic hydroxyl groups excluding tert-OH is 1. The highest BCUT2D eigenvalue weighted by Crippen LogP contribution is 2.15. The normalized spacial score (nSPS) is 10.6. The van der Waals surface area contributed by atoms with E-state index in [1.165, 1.54) is 29.1 Å². The van der Waals surface area contributed by atoms with Crippen LogP contribution in [0, 0.1) is 11.6 Å². The number of halogens is 2. The Bertz CT molecular complexity index is 482. The van der Waals surface area contributed by atoms with Crippen molar-refractivity contribution in [3.8, 4) is 5.69 Å². The Morgan fingerprint density at radius 3 is 2.73 bits per heavy atom. The van der Waals surface area contributed by atoms with Crippen molar-refractivity contribution in [2.24, 2.45) is 0 Å². The molecule has 2 rings (SSSR count). The molecule has 15 heavy (non-hydrogen) atoms. The molecule has 0 saturated heterocycles. The van der Waals surface area contributed by atoms with Crippen LogP contribution in [0.4, 0.5) is 8.78 Å². The summed E-state index contributed by atoms with van der Waals surface area (Å²) in [6.45, 7) is -0.232. The summed E-state index contributed by atoms with van der Waals surface area (Å²) < 4.78 is 27.4. The van der Waals surface area contributed by atoms with E-state index in [4.69, 9.17) is 5.11 Å². The minimum atomic E-state index is -0.954. The Morgan fingerprint density at radius 2 is 2.07 bits per heavy atom. The number of hydrogen-bond acceptors (Lipinski definition) is 2. The molecule has 1 aromatic heterocycles. The summed E-state index contributed by atoms with van der Waals surface area (Å²) in [5, 5.41) is 12.6. The van der Waals surface area contributed by atoms with E-state index in [9.17, 15) is 8.78 Å². The Kier molecular flexibility index (Phi) is 2.47. The van der Waals surface area contributed by atoms with Gasteiger partial charge in [0.15, 0.2) is 11.6 Å². The third-order valence-corrected chi connectivity index (χ3v) is 1.98. The van der Waals surface area contributed by atoms with Crippen LogP contribution in [0.2, 0.25) is 0 Å². The molecule has 0 aliphatic heterocycles. The zero-order valence-corrected chi connectivity index (χ0v) is 7.69. The van der Waals surface area contributed by atoms with Gasteiger partial charge in [0, 0.05) is 6.20 Å². The molecule has 78 valence electrons. The molecule has 0 bridgehead atoms. The van der Waals surface area contributed by atoms with Gasteiger partial charge in [0.25, 0.3) is 0 Å². The SMILES string of the molecule is OCc1ccn(-c2cccc(F)c2F)n1. The minimum absolute atomic E-state index is 0.0229. The monoisotopic (exact) mass is 210 g/mol. The molecule has 2 aromatic rings. The number of aliphatic hydroxyl groups is 1. The van der Waals surface area contributed by atoms with Crippen LogP contribution in [0.15, 0.2) is 30.5 Å². The second kappa shape index (κ2) is 3.78. The van der Waals surface area contributed by atoms with Crippen LogP contribution in [0.1, 0.15) is 5.69 Å². The summed E-state index contributed by atoms with van der Waals surface area (Å²) in [5.74, 6) is -1.88. The van der Waals surface area contributed by atoms with Gasteiger partial charge in [-0.15, -0.1) is 0 Å². The fourth-order valence-electron chi connectivity index (χ4n) is 1.25. The summed E-state index contributed by atoms with van der Waals surface area (Å²) in [6.07, 6.45) is 1.46. The lowest BCUT2D eigenvalue weighted by molar-refractivity contribution is 0.276. The van der Waals surface area contributed by atoms with Gasteiger partial charge in [0.1, 0.15) is 5.69 Å². The molecule has 1 N–H and O–H groups in total. The fraction of sp³-hybridized carbons (Fsp3) is 0.100. The molecular weight excluding hydrogens is 202 g/mol. The zero-order valence-electron chi connectivity index (χ0n) is 7.69. The van der Waals surface area contributed by atoms with Crippen molar-refractivity contribution in [1.82, 2.24) is 9.78 Å². The highest BCUT2D eigenvalue weighted by atomic mass is 19.2. The summed E-state index contributed by atoms with van der Waals surface area (Å²) in [4.78, 5) is 0. The molecular formula is C10H8F2N2O. The van der Waals surface area contributed by atoms with Crippen molar-refractivity contribution in [2.75, 3.05) is 0 Å². The Labute approximate surface area is 84.6 Å². The van der Waals surface area contributed by atoms with E-state index in [-0.39, 0.29) is 12.3 Å². The number of rotatable bonds is 2. The van der Waals surface area contributed by atoms with Crippen molar-refractivity contribution in [3.05, 3.63) is 47.8 Å². The van der Waals surface area contributed by atoms with Crippen molar-refractivity contribution in [1.29, 1.82) is 0 Å². The molecule has 0 amide bonds. The zero-order chi connectivity index (χ0) is 10.8. The van der Waals surface area contributed by atoms with E-state index >= 15 is 0 Å². The maximum Gasteiger partial charge on any atom is 0.184 e. The smallest absolute Gasteiger partial charge is 0.184 e. The third kappa shape index (κ3) is 1.73. The molecule has 5 heteroatoms. The number of nitrogens with zero attached hydrogens (tertiary/aromatic N) is 2. The second-order valence-corrected chi connectivity index (χ2v) is 2.98. The topological polar surface area (TPSA) is 38.0 Å². The minimum Gasteiger partial charge on any atom is -0.390 e. The van der Waals surface area contributed by atoms with Gasteiger partial charge in [0.05, 0.1) is 12.3 Å². The van der Waals surface area contributed by atoms with E-state index in [2.05, 4.69) is 5.10 Å². The van der Waals surface area contributed by atoms with E-state index in [1.807, 2.05) is 0 Å². The number of hydrogen-bond donors (Lipinski definition) is 1. The van der Waals surface area contributed by atoms with Gasteiger partial charge in [0.2, 0.25) is 0 Å². The van der Waals surface area contributed by atoms with Crippen molar-refractivity contribution in [2.45, 2.75) is 6.61 Å². The lowest BCUT2D eigenvalue weighted by atomic mass is 10.3. The highest BCUT2D eigenvalue weighted by molar-refractivity contribution is 5.33. The predicted octanol–water partition coefficient (Wildman–Crippen LogP) is 1.64. The van der Waals surface area contributed by atoms with E-state index in [1.54, 1.807) is 0 Å². The largest absolute Gasteiger partial charge is 0.390 e. The molecule has 1 aromatic carbocycles. The third-order valence-electron chi connectivity index (χ3n) is 1.98. The summed E-state index contributed by atoms with van der Waals surface area (Å²) in [5.41, 5.74) is 0.424. The number of aromatic nitrogens is 2. The van der Waals surface area contributed by atoms with Gasteiger partial charge in [-0.25, -0.2) is 13.5 Å². The van der Waals surface area contributed by atoms with Crippen LogP contribution < -0.4 is 0 Å². The van der Waals surface area contributed by atoms with E-state index < -0.39 is 11.6 Å². The first kappa shape index (κ1) is 9.79. The average molecular weight is 210 g/mol. The van der Waals surface area contributed by atoms with Gasteiger partial charge in [-0.2, -0.15) is 5.10 Å². The first-order chi connectivity index (χ1) is 7.22. The van der Waals surface area contributed by atoms with Crippen molar-refractivity contribution >= 4 is 0 Å². The maximum absolute atomic E-state index is 13.3. The highest BCUT2D eigenvalue weighted by Gasteiger charge is 2.10. The summed E-state index contributed by atoms with van der Waals surface area (Å²) in [7, 11) is 0. The predicted molar refractivity (Wildman–Crippen MR) is 49.4 cm³/mol. The van der Waals surface area contributed by atoms with Crippen LogP contribution in [-0.4, -0.2) is 14.9 Å². The average Bonchev–Trinajstić information content (AvgIpc) is 2.70. The molecule has 0 aliphatic rings. The first-order valence-corrected chi connectivity index (χ1v) is 4.32. The van der Waals surface area contributed by atoms with Crippen LogP contribution in [0.25, 0.3) is 5.69 Å². The van der Waals surface area contributed by atoms with E-state index in [0.717, 1.165) is 6.07 Å². The second-order valence-electron chi connectivity index (χ2n) is 2.98. The van der Waals surface area contributed by atoms with Gasteiger partial charge in [-0.05, 0) is 18.2 Å². The molecule has 0 spiro atoms. The Hall–Kier alpha value is -1.75. The van der Waals surface area contributed by atoms with Crippen molar-refractivity contribution in [3.63, 3.8) is 0 Å². The molecule has 0 aliphatic carbocycles.